The van der Waals surface area contributed by atoms with E-state index in [-0.39, 0.29) is 18.7 Å². The van der Waals surface area contributed by atoms with Crippen molar-refractivity contribution in [3.8, 4) is 0 Å². The van der Waals surface area contributed by atoms with Crippen LogP contribution in [-0.4, -0.2) is 40.5 Å². The van der Waals surface area contributed by atoms with Gasteiger partial charge in [-0.3, -0.25) is 4.68 Å². The minimum absolute atomic E-state index is 0.252. The molecule has 0 radical (unpaired) electrons. The van der Waals surface area contributed by atoms with Gasteiger partial charge in [-0.2, -0.15) is 5.10 Å². The van der Waals surface area contributed by atoms with Crippen molar-refractivity contribution in [3.05, 3.63) is 29.5 Å². The first-order chi connectivity index (χ1) is 7.70. The number of hydrogen-bond acceptors (Lipinski definition) is 3. The van der Waals surface area contributed by atoms with Crippen molar-refractivity contribution in [2.45, 2.75) is 6.04 Å². The second-order valence-corrected chi connectivity index (χ2v) is 4.36. The fourth-order valence-corrected chi connectivity index (χ4v) is 1.81. The Hall–Kier alpha value is -1.30. The molecule has 1 aliphatic heterocycles. The van der Waals surface area contributed by atoms with E-state index in [0.29, 0.717) is 13.1 Å². The molecule has 0 bridgehead atoms. The standard InChI is InChI=1S/C10H12BrN3O2/c1-2-5-16-10(15)13-6-8(7-13)14-4-3-9(11)12-14/h2-4,8H,1,5-7H2. The largest absolute Gasteiger partial charge is 0.445 e. The summed E-state index contributed by atoms with van der Waals surface area (Å²) < 4.78 is 7.57. The van der Waals surface area contributed by atoms with Crippen molar-refractivity contribution in [1.82, 2.24) is 14.7 Å². The van der Waals surface area contributed by atoms with Crippen LogP contribution in [-0.2, 0) is 4.74 Å². The van der Waals surface area contributed by atoms with E-state index in [1.54, 1.807) is 11.0 Å². The number of aromatic nitrogens is 2. The number of rotatable bonds is 3. The zero-order valence-corrected chi connectivity index (χ0v) is 10.3. The second kappa shape index (κ2) is 4.69. The summed E-state index contributed by atoms with van der Waals surface area (Å²) in [4.78, 5) is 13.0. The smallest absolute Gasteiger partial charge is 0.410 e. The lowest BCUT2D eigenvalue weighted by Crippen LogP contribution is -2.51. The zero-order chi connectivity index (χ0) is 11.5. The Balaban J connectivity index is 1.81. The highest BCUT2D eigenvalue weighted by molar-refractivity contribution is 9.10. The summed E-state index contributed by atoms with van der Waals surface area (Å²) in [7, 11) is 0. The third-order valence-electron chi connectivity index (χ3n) is 2.40. The summed E-state index contributed by atoms with van der Waals surface area (Å²) in [6.45, 7) is 5.03. The molecule has 0 N–H and O–H groups in total. The van der Waals surface area contributed by atoms with E-state index in [1.807, 2.05) is 16.9 Å². The van der Waals surface area contributed by atoms with E-state index in [1.165, 1.54) is 0 Å². The maximum atomic E-state index is 11.4. The molecule has 0 atom stereocenters. The topological polar surface area (TPSA) is 47.4 Å². The van der Waals surface area contributed by atoms with Gasteiger partial charge >= 0.3 is 6.09 Å². The predicted octanol–water partition coefficient (Wildman–Crippen LogP) is 1.82. The summed E-state index contributed by atoms with van der Waals surface area (Å²) in [6.07, 6.45) is 3.16. The molecule has 6 heteroatoms. The summed E-state index contributed by atoms with van der Waals surface area (Å²) in [5.74, 6) is 0. The minimum atomic E-state index is -0.289. The molecule has 1 fully saturated rings. The fraction of sp³-hybridized carbons (Fsp3) is 0.400. The SMILES string of the molecule is C=CCOC(=O)N1CC(n2ccc(Br)n2)C1. The van der Waals surface area contributed by atoms with Gasteiger partial charge in [0.05, 0.1) is 6.04 Å². The maximum absolute atomic E-state index is 11.4. The molecule has 2 heterocycles. The van der Waals surface area contributed by atoms with Crippen molar-refractivity contribution in [2.24, 2.45) is 0 Å². The molecule has 0 aromatic carbocycles. The van der Waals surface area contributed by atoms with Crippen LogP contribution in [0.25, 0.3) is 0 Å². The van der Waals surface area contributed by atoms with Crippen LogP contribution in [0.1, 0.15) is 6.04 Å². The second-order valence-electron chi connectivity index (χ2n) is 3.54. The fourth-order valence-electron chi connectivity index (χ4n) is 1.51. The highest BCUT2D eigenvalue weighted by Gasteiger charge is 2.33. The van der Waals surface area contributed by atoms with Crippen molar-refractivity contribution < 1.29 is 9.53 Å². The van der Waals surface area contributed by atoms with Gasteiger partial charge in [-0.15, -0.1) is 0 Å². The quantitative estimate of drug-likeness (QED) is 0.796. The van der Waals surface area contributed by atoms with Gasteiger partial charge < -0.3 is 9.64 Å². The lowest BCUT2D eigenvalue weighted by Gasteiger charge is -2.38. The van der Waals surface area contributed by atoms with Crippen molar-refractivity contribution in [3.63, 3.8) is 0 Å². The monoisotopic (exact) mass is 285 g/mol. The van der Waals surface area contributed by atoms with Crippen LogP contribution in [0.2, 0.25) is 0 Å². The molecule has 0 unspecified atom stereocenters. The molecule has 16 heavy (non-hydrogen) atoms. The number of hydrogen-bond donors (Lipinski definition) is 0. The summed E-state index contributed by atoms with van der Waals surface area (Å²) in [6, 6.07) is 2.13. The Morgan fingerprint density at radius 3 is 3.06 bits per heavy atom. The van der Waals surface area contributed by atoms with E-state index >= 15 is 0 Å². The minimum Gasteiger partial charge on any atom is -0.445 e. The van der Waals surface area contributed by atoms with Gasteiger partial charge in [0.1, 0.15) is 11.2 Å². The van der Waals surface area contributed by atoms with E-state index in [0.717, 1.165) is 4.60 Å². The normalized spacial score (nSPS) is 15.7. The molecule has 1 aromatic rings. The molecule has 1 aliphatic rings. The average molecular weight is 286 g/mol. The van der Waals surface area contributed by atoms with Gasteiger partial charge in [0.25, 0.3) is 0 Å². The van der Waals surface area contributed by atoms with E-state index < -0.39 is 0 Å². The van der Waals surface area contributed by atoms with Crippen LogP contribution in [0.4, 0.5) is 4.79 Å². The molecule has 5 nitrogen and oxygen atoms in total. The number of amides is 1. The van der Waals surface area contributed by atoms with Crippen molar-refractivity contribution in [2.75, 3.05) is 19.7 Å². The maximum Gasteiger partial charge on any atom is 0.410 e. The number of carbonyl (C=O) groups excluding carboxylic acids is 1. The zero-order valence-electron chi connectivity index (χ0n) is 8.67. The molecule has 2 rings (SSSR count). The van der Waals surface area contributed by atoms with Crippen LogP contribution in [0.5, 0.6) is 0 Å². The molecular weight excluding hydrogens is 274 g/mol. The Kier molecular flexibility index (Phi) is 3.28. The number of carbonyl (C=O) groups is 1. The molecular formula is C10H12BrN3O2. The Labute approximate surface area is 102 Å². The molecule has 0 aliphatic carbocycles. The number of likely N-dealkylation sites (tertiary alicyclic amines) is 1. The highest BCUT2D eigenvalue weighted by atomic mass is 79.9. The third kappa shape index (κ3) is 2.27. The highest BCUT2D eigenvalue weighted by Crippen LogP contribution is 2.22. The molecule has 1 aromatic heterocycles. The lowest BCUT2D eigenvalue weighted by molar-refractivity contribution is 0.0601. The molecule has 86 valence electrons. The van der Waals surface area contributed by atoms with Crippen molar-refractivity contribution in [1.29, 1.82) is 0 Å². The number of halogens is 1. The van der Waals surface area contributed by atoms with Gasteiger partial charge in [-0.05, 0) is 22.0 Å². The summed E-state index contributed by atoms with van der Waals surface area (Å²) >= 11 is 3.28. The Morgan fingerprint density at radius 2 is 2.50 bits per heavy atom. The van der Waals surface area contributed by atoms with Gasteiger partial charge in [-0.25, -0.2) is 4.79 Å². The van der Waals surface area contributed by atoms with E-state index in [4.69, 9.17) is 4.74 Å². The summed E-state index contributed by atoms with van der Waals surface area (Å²) in [5.41, 5.74) is 0. The Morgan fingerprint density at radius 1 is 1.75 bits per heavy atom. The third-order valence-corrected chi connectivity index (χ3v) is 2.82. The van der Waals surface area contributed by atoms with Crippen LogP contribution >= 0.6 is 15.9 Å². The molecule has 1 amide bonds. The van der Waals surface area contributed by atoms with Crippen molar-refractivity contribution >= 4 is 22.0 Å². The average Bonchev–Trinajstić information content (AvgIpc) is 2.59. The van der Waals surface area contributed by atoms with Gasteiger partial charge in [0.15, 0.2) is 0 Å². The molecule has 0 spiro atoms. The molecule has 1 saturated heterocycles. The summed E-state index contributed by atoms with van der Waals surface area (Å²) in [5, 5.41) is 4.23. The van der Waals surface area contributed by atoms with Gasteiger partial charge in [0.2, 0.25) is 0 Å². The van der Waals surface area contributed by atoms with Crippen LogP contribution < -0.4 is 0 Å². The lowest BCUT2D eigenvalue weighted by atomic mass is 10.1. The first-order valence-corrected chi connectivity index (χ1v) is 5.73. The van der Waals surface area contributed by atoms with E-state index in [9.17, 15) is 4.79 Å². The van der Waals surface area contributed by atoms with Crippen LogP contribution in [0, 0.1) is 0 Å². The number of ether oxygens (including phenoxy) is 1. The van der Waals surface area contributed by atoms with Gasteiger partial charge in [-0.1, -0.05) is 12.7 Å². The first kappa shape index (κ1) is 11.2. The molecule has 0 saturated carbocycles. The van der Waals surface area contributed by atoms with E-state index in [2.05, 4.69) is 27.6 Å². The number of nitrogens with zero attached hydrogens (tertiary/aromatic N) is 3. The Bertz CT molecular complexity index is 399. The van der Waals surface area contributed by atoms with Gasteiger partial charge in [0, 0.05) is 19.3 Å². The van der Waals surface area contributed by atoms with Crippen LogP contribution in [0.15, 0.2) is 29.5 Å². The van der Waals surface area contributed by atoms with Crippen LogP contribution in [0.3, 0.4) is 0 Å². The first-order valence-electron chi connectivity index (χ1n) is 4.94. The predicted molar refractivity (Wildman–Crippen MR) is 62.1 cm³/mol.